The van der Waals surface area contributed by atoms with E-state index in [0.29, 0.717) is 12.1 Å². The zero-order chi connectivity index (χ0) is 17.4. The first-order chi connectivity index (χ1) is 10.6. The third kappa shape index (κ3) is 3.38. The zero-order valence-corrected chi connectivity index (χ0v) is 11.9. The molecule has 0 unspecified atom stereocenters. The van der Waals surface area contributed by atoms with E-state index in [1.165, 1.54) is 14.0 Å². The van der Waals surface area contributed by atoms with Crippen LogP contribution >= 0.6 is 0 Å². The molecular weight excluding hydrogens is 326 g/mol. The molecule has 23 heavy (non-hydrogen) atoms. The average Bonchev–Trinajstić information content (AvgIpc) is 2.45. The molecule has 0 fully saturated rings. The summed E-state index contributed by atoms with van der Waals surface area (Å²) in [7, 11) is 1.21. The molecule has 0 bridgehead atoms. The number of benzene rings is 1. The van der Waals surface area contributed by atoms with Gasteiger partial charge in [-0.3, -0.25) is 0 Å². The van der Waals surface area contributed by atoms with Crippen LogP contribution in [-0.4, -0.2) is 17.3 Å². The molecule has 0 aliphatic carbocycles. The van der Waals surface area contributed by atoms with E-state index in [9.17, 15) is 26.3 Å². The average molecular weight is 336 g/mol. The number of hydrogen-bond acceptors (Lipinski definition) is 3. The van der Waals surface area contributed by atoms with Crippen molar-refractivity contribution in [1.82, 2.24) is 10.2 Å². The van der Waals surface area contributed by atoms with Gasteiger partial charge in [0, 0.05) is 11.1 Å². The predicted octanol–water partition coefficient (Wildman–Crippen LogP) is 4.50. The summed E-state index contributed by atoms with van der Waals surface area (Å²) < 4.78 is 81.8. The molecule has 1 aromatic carbocycles. The maximum atomic E-state index is 13.1. The van der Waals surface area contributed by atoms with Crippen molar-refractivity contribution in [1.29, 1.82) is 0 Å². The van der Waals surface area contributed by atoms with Gasteiger partial charge in [0.15, 0.2) is 5.69 Å². The number of halogens is 6. The third-order valence-electron chi connectivity index (χ3n) is 3.14. The molecule has 0 saturated heterocycles. The Balaban J connectivity index is 2.66. The van der Waals surface area contributed by atoms with Crippen LogP contribution in [-0.2, 0) is 12.4 Å². The summed E-state index contributed by atoms with van der Waals surface area (Å²) in [6.07, 6.45) is -9.38. The summed E-state index contributed by atoms with van der Waals surface area (Å²) in [5, 5.41) is 6.44. The van der Waals surface area contributed by atoms with Crippen molar-refractivity contribution in [3.8, 4) is 17.0 Å². The fraction of sp³-hybridized carbons (Fsp3) is 0.286. The molecule has 0 radical (unpaired) electrons. The molecule has 0 N–H and O–H groups in total. The summed E-state index contributed by atoms with van der Waals surface area (Å²) >= 11 is 0. The van der Waals surface area contributed by atoms with Crippen LogP contribution in [0.2, 0.25) is 0 Å². The maximum Gasteiger partial charge on any atom is 0.435 e. The number of nitrogens with zero attached hydrogens (tertiary/aromatic N) is 2. The van der Waals surface area contributed by atoms with Crippen molar-refractivity contribution in [2.45, 2.75) is 19.3 Å². The second-order valence-electron chi connectivity index (χ2n) is 4.63. The molecular formula is C14H10F6N2O. The Kier molecular flexibility index (Phi) is 4.23. The number of alkyl halides is 6. The summed E-state index contributed by atoms with van der Waals surface area (Å²) in [5.41, 5.74) is -2.62. The highest BCUT2D eigenvalue weighted by Crippen LogP contribution is 2.40. The van der Waals surface area contributed by atoms with E-state index in [1.807, 2.05) is 0 Å². The molecule has 0 aliphatic heterocycles. The van der Waals surface area contributed by atoms with Crippen LogP contribution < -0.4 is 4.74 Å². The maximum absolute atomic E-state index is 13.1. The van der Waals surface area contributed by atoms with Gasteiger partial charge in [0.05, 0.1) is 12.7 Å². The van der Waals surface area contributed by atoms with E-state index in [4.69, 9.17) is 4.74 Å². The number of methoxy groups -OCH3 is 1. The normalized spacial score (nSPS) is 12.3. The molecule has 1 aromatic heterocycles. The first-order valence-electron chi connectivity index (χ1n) is 6.21. The molecule has 0 aliphatic rings. The molecule has 9 heteroatoms. The van der Waals surface area contributed by atoms with Gasteiger partial charge in [-0.1, -0.05) is 12.1 Å². The first kappa shape index (κ1) is 17.0. The Morgan fingerprint density at radius 3 is 1.87 bits per heavy atom. The lowest BCUT2D eigenvalue weighted by Gasteiger charge is -2.16. The number of ether oxygens (including phenoxy) is 1. The van der Waals surface area contributed by atoms with Crippen LogP contribution in [0.4, 0.5) is 26.3 Å². The SMILES string of the molecule is COc1nnc(C(F)(F)F)c(-c2ccc(C(F)(F)F)cc2)c1C. The van der Waals surface area contributed by atoms with Gasteiger partial charge in [-0.15, -0.1) is 10.2 Å². The van der Waals surface area contributed by atoms with E-state index in [1.54, 1.807) is 0 Å². The van der Waals surface area contributed by atoms with Crippen molar-refractivity contribution in [3.63, 3.8) is 0 Å². The van der Waals surface area contributed by atoms with Crippen molar-refractivity contribution < 1.29 is 31.1 Å². The molecule has 124 valence electrons. The minimum Gasteiger partial charge on any atom is -0.480 e. The molecule has 2 aromatic rings. The molecule has 3 nitrogen and oxygen atoms in total. The fourth-order valence-corrected chi connectivity index (χ4v) is 2.08. The summed E-state index contributed by atoms with van der Waals surface area (Å²) in [5.74, 6) is -0.132. The van der Waals surface area contributed by atoms with E-state index in [2.05, 4.69) is 10.2 Å². The number of hydrogen-bond donors (Lipinski definition) is 0. The Hall–Kier alpha value is -2.32. The lowest BCUT2D eigenvalue weighted by molar-refractivity contribution is -0.141. The molecule has 0 saturated carbocycles. The van der Waals surface area contributed by atoms with Crippen LogP contribution in [0, 0.1) is 6.92 Å². The van der Waals surface area contributed by atoms with Gasteiger partial charge in [0.2, 0.25) is 5.88 Å². The molecule has 0 amide bonds. The van der Waals surface area contributed by atoms with E-state index in [-0.39, 0.29) is 22.6 Å². The molecule has 0 atom stereocenters. The third-order valence-corrected chi connectivity index (χ3v) is 3.14. The Morgan fingerprint density at radius 1 is 0.870 bits per heavy atom. The minimum atomic E-state index is -4.80. The predicted molar refractivity (Wildman–Crippen MR) is 68.8 cm³/mol. The topological polar surface area (TPSA) is 35.0 Å². The lowest BCUT2D eigenvalue weighted by atomic mass is 9.98. The van der Waals surface area contributed by atoms with Crippen molar-refractivity contribution in [3.05, 3.63) is 41.1 Å². The highest BCUT2D eigenvalue weighted by Gasteiger charge is 2.38. The summed E-state index contributed by atoms with van der Waals surface area (Å²) in [4.78, 5) is 0. The van der Waals surface area contributed by atoms with Crippen molar-refractivity contribution in [2.75, 3.05) is 7.11 Å². The summed E-state index contributed by atoms with van der Waals surface area (Å²) in [6, 6.07) is 3.34. The second-order valence-corrected chi connectivity index (χ2v) is 4.63. The fourth-order valence-electron chi connectivity index (χ4n) is 2.08. The van der Waals surface area contributed by atoms with E-state index >= 15 is 0 Å². The van der Waals surface area contributed by atoms with Gasteiger partial charge in [-0.2, -0.15) is 26.3 Å². The van der Waals surface area contributed by atoms with E-state index < -0.39 is 23.6 Å². The van der Waals surface area contributed by atoms with Crippen molar-refractivity contribution in [2.24, 2.45) is 0 Å². The second kappa shape index (κ2) is 5.71. The lowest BCUT2D eigenvalue weighted by Crippen LogP contribution is -2.14. The van der Waals surface area contributed by atoms with Gasteiger partial charge in [0.25, 0.3) is 0 Å². The number of aromatic nitrogens is 2. The first-order valence-corrected chi connectivity index (χ1v) is 6.21. The Morgan fingerprint density at radius 2 is 1.43 bits per heavy atom. The highest BCUT2D eigenvalue weighted by molar-refractivity contribution is 5.71. The smallest absolute Gasteiger partial charge is 0.435 e. The largest absolute Gasteiger partial charge is 0.480 e. The molecule has 1 heterocycles. The van der Waals surface area contributed by atoms with Gasteiger partial charge in [0.1, 0.15) is 0 Å². The standard InChI is InChI=1S/C14H10F6N2O/c1-7-10(8-3-5-9(6-4-8)13(15,16)17)11(14(18,19)20)21-22-12(7)23-2/h3-6H,1-2H3. The molecule has 2 rings (SSSR count). The Bertz CT molecular complexity index is 707. The zero-order valence-electron chi connectivity index (χ0n) is 11.9. The summed E-state index contributed by atoms with van der Waals surface area (Å²) in [6.45, 7) is 1.33. The highest BCUT2D eigenvalue weighted by atomic mass is 19.4. The Labute approximate surface area is 126 Å². The van der Waals surface area contributed by atoms with Gasteiger partial charge < -0.3 is 4.74 Å². The van der Waals surface area contributed by atoms with Crippen LogP contribution in [0.15, 0.2) is 24.3 Å². The van der Waals surface area contributed by atoms with E-state index in [0.717, 1.165) is 12.1 Å². The van der Waals surface area contributed by atoms with Crippen LogP contribution in [0.25, 0.3) is 11.1 Å². The van der Waals surface area contributed by atoms with Gasteiger partial charge >= 0.3 is 12.4 Å². The monoisotopic (exact) mass is 336 g/mol. The van der Waals surface area contributed by atoms with Crippen molar-refractivity contribution >= 4 is 0 Å². The van der Waals surface area contributed by atoms with Gasteiger partial charge in [-0.25, -0.2) is 0 Å². The van der Waals surface area contributed by atoms with Gasteiger partial charge in [-0.05, 0) is 24.6 Å². The van der Waals surface area contributed by atoms with Crippen LogP contribution in [0.1, 0.15) is 16.8 Å². The van der Waals surface area contributed by atoms with Crippen LogP contribution in [0.5, 0.6) is 5.88 Å². The number of rotatable bonds is 2. The minimum absolute atomic E-state index is 0.0367. The molecule has 0 spiro atoms. The quantitative estimate of drug-likeness (QED) is 0.758. The van der Waals surface area contributed by atoms with Crippen LogP contribution in [0.3, 0.4) is 0 Å².